The minimum atomic E-state index is -0.789. The summed E-state index contributed by atoms with van der Waals surface area (Å²) in [6.07, 6.45) is 0.329. The summed E-state index contributed by atoms with van der Waals surface area (Å²) in [6, 6.07) is 13.8. The number of likely N-dealkylation sites (N-methyl/N-ethyl adjacent to an activating group) is 1. The summed E-state index contributed by atoms with van der Waals surface area (Å²) < 4.78 is 47.7. The van der Waals surface area contributed by atoms with E-state index < -0.39 is 11.4 Å². The summed E-state index contributed by atoms with van der Waals surface area (Å²) in [5, 5.41) is 3.34. The second-order valence-corrected chi connectivity index (χ2v) is 10.5. The van der Waals surface area contributed by atoms with Crippen molar-refractivity contribution in [1.82, 2.24) is 0 Å². The van der Waals surface area contributed by atoms with Gasteiger partial charge in [-0.2, -0.15) is 0 Å². The van der Waals surface area contributed by atoms with Crippen molar-refractivity contribution in [2.75, 3.05) is 31.0 Å². The van der Waals surface area contributed by atoms with Gasteiger partial charge >= 0.3 is 8.69 Å². The molecular weight excluding hydrogens is 534 g/mol. The zero-order valence-electron chi connectivity index (χ0n) is 23.5. The second-order valence-electron chi connectivity index (χ2n) is 10.2. The maximum absolute atomic E-state index is 14.0. The van der Waals surface area contributed by atoms with E-state index in [9.17, 15) is 13.8 Å². The summed E-state index contributed by atoms with van der Waals surface area (Å²) in [7, 11) is 2.92. The first-order valence-electron chi connectivity index (χ1n) is 13.0. The standard InChI is InChI=1S/C30H34FN2O6P/c1-7-20(39-40-35)16-37-21-10-11-23(27(15-21)36-6)22-12-13-25-28(33(5)29(34)30(3,4)32-25)24(22)17-38-26-14-19(31)9-8-18(26)2/h8-15,20,32H,7,16-17H2,1-6H3. The van der Waals surface area contributed by atoms with Crippen LogP contribution in [0.4, 0.5) is 15.8 Å². The SMILES string of the molecule is CCC(COc1ccc(-c2ccc3c(c2COc2cc(F)ccc2C)N(C)C(=O)C(C)(C)N3)c(OC)c1)OP=O. The molecular formula is C30H34FN2O6P. The first-order chi connectivity index (χ1) is 19.1. The van der Waals surface area contributed by atoms with Crippen molar-refractivity contribution in [2.24, 2.45) is 0 Å². The van der Waals surface area contributed by atoms with E-state index in [-0.39, 0.29) is 33.9 Å². The third-order valence-corrected chi connectivity index (χ3v) is 7.36. The number of fused-ring (bicyclic) bond motifs is 1. The molecule has 1 N–H and O–H groups in total. The average Bonchev–Trinajstić information content (AvgIpc) is 2.94. The zero-order valence-corrected chi connectivity index (χ0v) is 24.4. The molecule has 1 heterocycles. The number of ether oxygens (including phenoxy) is 3. The number of aryl methyl sites for hydroxylation is 1. The average molecular weight is 569 g/mol. The first-order valence-corrected chi connectivity index (χ1v) is 13.7. The molecule has 1 unspecified atom stereocenters. The molecule has 0 saturated carbocycles. The van der Waals surface area contributed by atoms with Gasteiger partial charge in [-0.15, -0.1) is 0 Å². The molecule has 0 fully saturated rings. The number of benzene rings is 3. The minimum absolute atomic E-state index is 0.0773. The number of amides is 1. The Bertz CT molecular complexity index is 1410. The number of anilines is 2. The lowest BCUT2D eigenvalue weighted by molar-refractivity contribution is -0.121. The third-order valence-electron chi connectivity index (χ3n) is 6.97. The van der Waals surface area contributed by atoms with Crippen molar-refractivity contribution < 1.29 is 32.5 Å². The quantitative estimate of drug-likeness (QED) is 0.251. The number of nitrogens with zero attached hydrogens (tertiary/aromatic N) is 1. The molecule has 212 valence electrons. The van der Waals surface area contributed by atoms with Crippen LogP contribution in [0.15, 0.2) is 48.5 Å². The molecule has 8 nitrogen and oxygen atoms in total. The van der Waals surface area contributed by atoms with Gasteiger partial charge in [-0.25, -0.2) is 8.96 Å². The largest absolute Gasteiger partial charge is 0.496 e. The Kier molecular flexibility index (Phi) is 8.96. The van der Waals surface area contributed by atoms with Crippen LogP contribution in [0.3, 0.4) is 0 Å². The number of halogens is 1. The Morgan fingerprint density at radius 1 is 1.05 bits per heavy atom. The highest BCUT2D eigenvalue weighted by Crippen LogP contribution is 2.45. The lowest BCUT2D eigenvalue weighted by atomic mass is 9.91. The summed E-state index contributed by atoms with van der Waals surface area (Å²) >= 11 is 0. The predicted molar refractivity (Wildman–Crippen MR) is 153 cm³/mol. The summed E-state index contributed by atoms with van der Waals surface area (Å²) in [4.78, 5) is 14.9. The molecule has 4 rings (SSSR count). The summed E-state index contributed by atoms with van der Waals surface area (Å²) in [5.41, 5.74) is 3.76. The maximum Gasteiger partial charge on any atom is 0.327 e. The number of methoxy groups -OCH3 is 1. The molecule has 1 amide bonds. The molecule has 0 saturated heterocycles. The smallest absolute Gasteiger partial charge is 0.327 e. The third kappa shape index (κ3) is 6.06. The van der Waals surface area contributed by atoms with Crippen LogP contribution in [-0.4, -0.2) is 38.3 Å². The fourth-order valence-corrected chi connectivity index (χ4v) is 5.10. The van der Waals surface area contributed by atoms with Gasteiger partial charge in [0.15, 0.2) is 0 Å². The Morgan fingerprint density at radius 2 is 1.80 bits per heavy atom. The highest BCUT2D eigenvalue weighted by Gasteiger charge is 2.38. The minimum Gasteiger partial charge on any atom is -0.496 e. The van der Waals surface area contributed by atoms with Crippen molar-refractivity contribution in [3.63, 3.8) is 0 Å². The molecule has 1 atom stereocenters. The lowest BCUT2D eigenvalue weighted by Gasteiger charge is -2.39. The molecule has 0 spiro atoms. The van der Waals surface area contributed by atoms with E-state index in [2.05, 4.69) is 5.32 Å². The molecule has 1 aliphatic heterocycles. The summed E-state index contributed by atoms with van der Waals surface area (Å²) in [6.45, 7) is 7.75. The van der Waals surface area contributed by atoms with Gasteiger partial charge < -0.3 is 24.4 Å². The van der Waals surface area contributed by atoms with E-state index >= 15 is 0 Å². The predicted octanol–water partition coefficient (Wildman–Crippen LogP) is 6.94. The van der Waals surface area contributed by atoms with Gasteiger partial charge in [-0.3, -0.25) is 9.32 Å². The van der Waals surface area contributed by atoms with Crippen molar-refractivity contribution in [2.45, 2.75) is 52.4 Å². The Labute approximate surface area is 235 Å². The molecule has 1 aliphatic rings. The first kappa shape index (κ1) is 29.3. The number of nitrogens with one attached hydrogen (secondary N) is 1. The maximum atomic E-state index is 14.0. The van der Waals surface area contributed by atoms with Crippen LogP contribution in [0.2, 0.25) is 0 Å². The van der Waals surface area contributed by atoms with Crippen LogP contribution in [-0.2, 0) is 20.5 Å². The summed E-state index contributed by atoms with van der Waals surface area (Å²) in [5.74, 6) is 1.04. The molecule has 40 heavy (non-hydrogen) atoms. The number of rotatable bonds is 11. The molecule has 10 heteroatoms. The second kappa shape index (κ2) is 12.2. The van der Waals surface area contributed by atoms with Crippen molar-refractivity contribution in [1.29, 1.82) is 0 Å². The Morgan fingerprint density at radius 3 is 2.50 bits per heavy atom. The van der Waals surface area contributed by atoms with Gasteiger partial charge in [-0.1, -0.05) is 19.1 Å². The molecule has 0 bridgehead atoms. The van der Waals surface area contributed by atoms with Gasteiger partial charge in [0.25, 0.3) is 5.91 Å². The Hall–Kier alpha value is -3.68. The van der Waals surface area contributed by atoms with Gasteiger partial charge in [0.1, 0.15) is 47.9 Å². The molecule has 0 aromatic heterocycles. The van der Waals surface area contributed by atoms with Crippen LogP contribution < -0.4 is 24.4 Å². The van der Waals surface area contributed by atoms with Gasteiger partial charge in [0.2, 0.25) is 0 Å². The highest BCUT2D eigenvalue weighted by molar-refractivity contribution is 7.17. The number of hydrogen-bond donors (Lipinski definition) is 1. The van der Waals surface area contributed by atoms with Crippen molar-refractivity contribution in [3.05, 3.63) is 65.5 Å². The lowest BCUT2D eigenvalue weighted by Crippen LogP contribution is -2.52. The van der Waals surface area contributed by atoms with E-state index in [1.54, 1.807) is 31.2 Å². The zero-order chi connectivity index (χ0) is 29.0. The molecule has 3 aromatic rings. The normalized spacial score (nSPS) is 14.9. The number of carbonyl (C=O) groups is 1. The van der Waals surface area contributed by atoms with Gasteiger partial charge in [0, 0.05) is 30.3 Å². The van der Waals surface area contributed by atoms with Gasteiger partial charge in [0.05, 0.1) is 18.5 Å². The molecule has 0 radical (unpaired) electrons. The fraction of sp³-hybridized carbons (Fsp3) is 0.367. The topological polar surface area (TPSA) is 86.3 Å². The molecule has 3 aromatic carbocycles. The van der Waals surface area contributed by atoms with E-state index in [0.717, 1.165) is 27.9 Å². The fourth-order valence-electron chi connectivity index (χ4n) is 4.77. The van der Waals surface area contributed by atoms with Crippen molar-refractivity contribution in [3.8, 4) is 28.4 Å². The van der Waals surface area contributed by atoms with E-state index in [1.807, 2.05) is 52.0 Å². The van der Waals surface area contributed by atoms with E-state index in [0.29, 0.717) is 29.4 Å². The van der Waals surface area contributed by atoms with Crippen LogP contribution in [0.1, 0.15) is 38.3 Å². The van der Waals surface area contributed by atoms with E-state index in [4.69, 9.17) is 18.7 Å². The number of hydrogen-bond acceptors (Lipinski definition) is 7. The van der Waals surface area contributed by atoms with Crippen molar-refractivity contribution >= 4 is 26.0 Å². The van der Waals surface area contributed by atoms with Gasteiger partial charge in [-0.05, 0) is 62.6 Å². The molecule has 0 aliphatic carbocycles. The highest BCUT2D eigenvalue weighted by atomic mass is 31.1. The Balaban J connectivity index is 1.78. The number of carbonyl (C=O) groups excluding carboxylic acids is 1. The van der Waals surface area contributed by atoms with Crippen LogP contribution in [0.25, 0.3) is 11.1 Å². The van der Waals surface area contributed by atoms with Crippen LogP contribution in [0.5, 0.6) is 17.2 Å². The van der Waals surface area contributed by atoms with Crippen LogP contribution >= 0.6 is 8.69 Å². The van der Waals surface area contributed by atoms with Crippen LogP contribution in [0, 0.1) is 12.7 Å². The van der Waals surface area contributed by atoms with E-state index in [1.165, 1.54) is 12.1 Å². The monoisotopic (exact) mass is 568 g/mol.